The van der Waals surface area contributed by atoms with Crippen LogP contribution in [0.4, 0.5) is 0 Å². The van der Waals surface area contributed by atoms with Crippen LogP contribution in [-0.4, -0.2) is 13.2 Å². The van der Waals surface area contributed by atoms with E-state index in [1.165, 1.54) is 5.56 Å². The SMILES string of the molecule is CCC(N)C(C)Cc1ccc(OC)cc1. The third-order valence-corrected chi connectivity index (χ3v) is 2.92. The molecule has 0 aromatic heterocycles. The summed E-state index contributed by atoms with van der Waals surface area (Å²) in [4.78, 5) is 0. The van der Waals surface area contributed by atoms with Crippen LogP contribution in [0.2, 0.25) is 0 Å². The maximum Gasteiger partial charge on any atom is 0.118 e. The average Bonchev–Trinajstić information content (AvgIpc) is 2.29. The number of hydrogen-bond donors (Lipinski definition) is 1. The van der Waals surface area contributed by atoms with Crippen molar-refractivity contribution in [3.8, 4) is 5.75 Å². The van der Waals surface area contributed by atoms with Crippen molar-refractivity contribution >= 4 is 0 Å². The van der Waals surface area contributed by atoms with Crippen LogP contribution < -0.4 is 10.5 Å². The number of nitrogens with two attached hydrogens (primary N) is 1. The maximum absolute atomic E-state index is 6.00. The van der Waals surface area contributed by atoms with Gasteiger partial charge in [0.15, 0.2) is 0 Å². The van der Waals surface area contributed by atoms with Crippen molar-refractivity contribution < 1.29 is 4.74 Å². The minimum absolute atomic E-state index is 0.298. The largest absolute Gasteiger partial charge is 0.497 e. The van der Waals surface area contributed by atoms with E-state index in [1.807, 2.05) is 12.1 Å². The molecule has 0 heterocycles. The maximum atomic E-state index is 6.00. The van der Waals surface area contributed by atoms with Gasteiger partial charge in [0.2, 0.25) is 0 Å². The van der Waals surface area contributed by atoms with Gasteiger partial charge in [-0.3, -0.25) is 0 Å². The van der Waals surface area contributed by atoms with Crippen LogP contribution in [0.25, 0.3) is 0 Å². The van der Waals surface area contributed by atoms with E-state index in [1.54, 1.807) is 7.11 Å². The molecule has 0 aliphatic rings. The molecule has 0 aliphatic heterocycles. The van der Waals surface area contributed by atoms with Gasteiger partial charge in [-0.05, 0) is 36.5 Å². The van der Waals surface area contributed by atoms with Crippen molar-refractivity contribution in [1.29, 1.82) is 0 Å². The summed E-state index contributed by atoms with van der Waals surface area (Å²) in [5.41, 5.74) is 7.32. The molecule has 0 radical (unpaired) electrons. The minimum atomic E-state index is 0.298. The highest BCUT2D eigenvalue weighted by Crippen LogP contribution is 2.16. The Morgan fingerprint density at radius 1 is 1.27 bits per heavy atom. The molecule has 0 fully saturated rings. The predicted molar refractivity (Wildman–Crippen MR) is 64.1 cm³/mol. The molecule has 15 heavy (non-hydrogen) atoms. The smallest absolute Gasteiger partial charge is 0.118 e. The minimum Gasteiger partial charge on any atom is -0.497 e. The van der Waals surface area contributed by atoms with Gasteiger partial charge in [0.1, 0.15) is 5.75 Å². The lowest BCUT2D eigenvalue weighted by atomic mass is 9.93. The molecule has 0 aliphatic carbocycles. The Morgan fingerprint density at radius 2 is 1.87 bits per heavy atom. The molecule has 1 aromatic rings. The Kier molecular flexibility index (Phi) is 4.63. The summed E-state index contributed by atoms with van der Waals surface area (Å²) >= 11 is 0. The second kappa shape index (κ2) is 5.76. The summed E-state index contributed by atoms with van der Waals surface area (Å²) in [6.07, 6.45) is 2.08. The lowest BCUT2D eigenvalue weighted by Gasteiger charge is -2.18. The standard InChI is InChI=1S/C13H21NO/c1-4-13(14)10(2)9-11-5-7-12(15-3)8-6-11/h5-8,10,13H,4,9,14H2,1-3H3. The summed E-state index contributed by atoms with van der Waals surface area (Å²) in [5.74, 6) is 1.44. The van der Waals surface area contributed by atoms with Gasteiger partial charge < -0.3 is 10.5 Å². The Balaban J connectivity index is 2.57. The van der Waals surface area contributed by atoms with Crippen LogP contribution in [0, 0.1) is 5.92 Å². The zero-order chi connectivity index (χ0) is 11.3. The molecule has 2 heteroatoms. The first-order valence-electron chi connectivity index (χ1n) is 5.55. The third kappa shape index (κ3) is 3.56. The van der Waals surface area contributed by atoms with Crippen LogP contribution in [0.3, 0.4) is 0 Å². The fraction of sp³-hybridized carbons (Fsp3) is 0.538. The quantitative estimate of drug-likeness (QED) is 0.805. The number of hydrogen-bond acceptors (Lipinski definition) is 2. The molecule has 2 unspecified atom stereocenters. The Hall–Kier alpha value is -1.02. The fourth-order valence-corrected chi connectivity index (χ4v) is 1.69. The van der Waals surface area contributed by atoms with E-state index in [4.69, 9.17) is 10.5 Å². The number of rotatable bonds is 5. The molecular weight excluding hydrogens is 186 g/mol. The number of methoxy groups -OCH3 is 1. The second-order valence-electron chi connectivity index (χ2n) is 4.10. The van der Waals surface area contributed by atoms with Crippen LogP contribution in [0.5, 0.6) is 5.75 Å². The fourth-order valence-electron chi connectivity index (χ4n) is 1.69. The average molecular weight is 207 g/mol. The van der Waals surface area contributed by atoms with E-state index in [0.717, 1.165) is 18.6 Å². The van der Waals surface area contributed by atoms with Crippen LogP contribution in [0.1, 0.15) is 25.8 Å². The Labute approximate surface area is 92.4 Å². The van der Waals surface area contributed by atoms with Gasteiger partial charge in [0.25, 0.3) is 0 Å². The molecule has 1 rings (SSSR count). The van der Waals surface area contributed by atoms with Crippen molar-refractivity contribution in [2.75, 3.05) is 7.11 Å². The highest BCUT2D eigenvalue weighted by atomic mass is 16.5. The van der Waals surface area contributed by atoms with Gasteiger partial charge in [0, 0.05) is 6.04 Å². The molecule has 2 N–H and O–H groups in total. The van der Waals surface area contributed by atoms with Crippen LogP contribution in [0.15, 0.2) is 24.3 Å². The van der Waals surface area contributed by atoms with E-state index >= 15 is 0 Å². The molecule has 0 spiro atoms. The van der Waals surface area contributed by atoms with E-state index in [0.29, 0.717) is 12.0 Å². The predicted octanol–water partition coefficient (Wildman–Crippen LogP) is 2.61. The van der Waals surface area contributed by atoms with Crippen molar-refractivity contribution in [3.05, 3.63) is 29.8 Å². The monoisotopic (exact) mass is 207 g/mol. The lowest BCUT2D eigenvalue weighted by molar-refractivity contribution is 0.413. The first kappa shape index (κ1) is 12.1. The molecule has 1 aromatic carbocycles. The van der Waals surface area contributed by atoms with Gasteiger partial charge >= 0.3 is 0 Å². The van der Waals surface area contributed by atoms with Gasteiger partial charge in [-0.2, -0.15) is 0 Å². The van der Waals surface area contributed by atoms with Gasteiger partial charge in [0.05, 0.1) is 7.11 Å². The molecule has 0 saturated heterocycles. The number of benzene rings is 1. The molecule has 2 atom stereocenters. The van der Waals surface area contributed by atoms with Gasteiger partial charge in [-0.15, -0.1) is 0 Å². The molecule has 2 nitrogen and oxygen atoms in total. The van der Waals surface area contributed by atoms with Gasteiger partial charge in [-0.25, -0.2) is 0 Å². The third-order valence-electron chi connectivity index (χ3n) is 2.92. The van der Waals surface area contributed by atoms with Crippen molar-refractivity contribution in [2.24, 2.45) is 11.7 Å². The lowest BCUT2D eigenvalue weighted by Crippen LogP contribution is -2.28. The van der Waals surface area contributed by atoms with E-state index in [-0.39, 0.29) is 0 Å². The Bertz CT molecular complexity index is 281. The zero-order valence-electron chi connectivity index (χ0n) is 9.86. The first-order valence-corrected chi connectivity index (χ1v) is 5.55. The van der Waals surface area contributed by atoms with Crippen LogP contribution in [-0.2, 0) is 6.42 Å². The van der Waals surface area contributed by atoms with Crippen LogP contribution >= 0.6 is 0 Å². The first-order chi connectivity index (χ1) is 7.17. The molecular formula is C13H21NO. The second-order valence-corrected chi connectivity index (χ2v) is 4.10. The molecule has 0 amide bonds. The molecule has 0 saturated carbocycles. The van der Waals surface area contributed by atoms with E-state index in [2.05, 4.69) is 26.0 Å². The Morgan fingerprint density at radius 3 is 2.33 bits per heavy atom. The normalized spacial score (nSPS) is 14.7. The van der Waals surface area contributed by atoms with E-state index < -0.39 is 0 Å². The summed E-state index contributed by atoms with van der Waals surface area (Å²) in [6, 6.07) is 8.51. The van der Waals surface area contributed by atoms with Gasteiger partial charge in [-0.1, -0.05) is 26.0 Å². The molecule has 0 bridgehead atoms. The van der Waals surface area contributed by atoms with Crippen molar-refractivity contribution in [1.82, 2.24) is 0 Å². The highest BCUT2D eigenvalue weighted by Gasteiger charge is 2.10. The zero-order valence-corrected chi connectivity index (χ0v) is 9.86. The summed E-state index contributed by atoms with van der Waals surface area (Å²) in [7, 11) is 1.69. The van der Waals surface area contributed by atoms with E-state index in [9.17, 15) is 0 Å². The summed E-state index contributed by atoms with van der Waals surface area (Å²) in [5, 5.41) is 0. The topological polar surface area (TPSA) is 35.2 Å². The molecule has 84 valence electrons. The number of ether oxygens (including phenoxy) is 1. The summed E-state index contributed by atoms with van der Waals surface area (Å²) < 4.78 is 5.12. The van der Waals surface area contributed by atoms with Crippen molar-refractivity contribution in [2.45, 2.75) is 32.7 Å². The summed E-state index contributed by atoms with van der Waals surface area (Å²) in [6.45, 7) is 4.34. The van der Waals surface area contributed by atoms with Crippen molar-refractivity contribution in [3.63, 3.8) is 0 Å². The highest BCUT2D eigenvalue weighted by molar-refractivity contribution is 5.27.